The van der Waals surface area contributed by atoms with E-state index in [1.54, 1.807) is 6.26 Å². The lowest BCUT2D eigenvalue weighted by Crippen LogP contribution is -2.51. The van der Waals surface area contributed by atoms with Crippen molar-refractivity contribution >= 4 is 8.24 Å². The van der Waals surface area contributed by atoms with Gasteiger partial charge in [-0.3, -0.25) is 0 Å². The minimum atomic E-state index is -1.70. The average Bonchev–Trinajstić information content (AvgIpc) is 2.96. The maximum absolute atomic E-state index is 5.65. The normalized spacial score (nSPS) is 12.8. The Morgan fingerprint density at radius 1 is 0.900 bits per heavy atom. The topological polar surface area (TPSA) is 18.1 Å². The van der Waals surface area contributed by atoms with Gasteiger partial charge in [-0.1, -0.05) is 41.5 Å². The molecule has 0 aromatic carbocycles. The van der Waals surface area contributed by atoms with Crippen molar-refractivity contribution in [2.75, 3.05) is 0 Å². The minimum absolute atomic E-state index is 0.684. The Hall–Kier alpha value is -1.22. The lowest BCUT2D eigenvalue weighted by molar-refractivity contribution is 0.578. The summed E-state index contributed by atoms with van der Waals surface area (Å²) in [6.07, 6.45) is 4.03. The third kappa shape index (κ3) is 2.18. The van der Waals surface area contributed by atoms with Gasteiger partial charge in [-0.25, -0.2) is 0 Å². The summed E-state index contributed by atoms with van der Waals surface area (Å²) in [4.78, 5) is 0. The Morgan fingerprint density at radius 3 is 1.95 bits per heavy atom. The molecule has 0 saturated heterocycles. The molecule has 110 valence electrons. The van der Waals surface area contributed by atoms with Crippen LogP contribution in [-0.4, -0.2) is 12.5 Å². The van der Waals surface area contributed by atoms with Crippen molar-refractivity contribution in [2.45, 2.75) is 58.2 Å². The van der Waals surface area contributed by atoms with Gasteiger partial charge < -0.3 is 8.65 Å². The first-order valence-electron chi connectivity index (χ1n) is 7.64. The highest BCUT2D eigenvalue weighted by Gasteiger charge is 2.46. The summed E-state index contributed by atoms with van der Waals surface area (Å²) >= 11 is 0. The van der Waals surface area contributed by atoms with Crippen LogP contribution < -0.4 is 0 Å². The van der Waals surface area contributed by atoms with Crippen LogP contribution in [-0.2, 0) is 0 Å². The van der Waals surface area contributed by atoms with E-state index in [9.17, 15) is 0 Å². The second-order valence-electron chi connectivity index (χ2n) is 6.59. The molecule has 2 rings (SSSR count). The molecule has 0 aliphatic carbocycles. The maximum atomic E-state index is 5.65. The van der Waals surface area contributed by atoms with Crippen molar-refractivity contribution in [1.29, 1.82) is 0 Å². The first kappa shape index (κ1) is 15.2. The Bertz CT molecular complexity index is 515. The van der Waals surface area contributed by atoms with E-state index in [0.717, 1.165) is 5.76 Å². The summed E-state index contributed by atoms with van der Waals surface area (Å²) in [6, 6.07) is 8.38. The van der Waals surface area contributed by atoms with Crippen molar-refractivity contribution in [2.24, 2.45) is 0 Å². The van der Waals surface area contributed by atoms with Gasteiger partial charge in [-0.2, -0.15) is 0 Å². The Labute approximate surface area is 123 Å². The van der Waals surface area contributed by atoms with Crippen LogP contribution in [0.1, 0.15) is 41.5 Å². The monoisotopic (exact) mass is 289 g/mol. The summed E-state index contributed by atoms with van der Waals surface area (Å²) in [5, 5.41) is 0. The molecule has 0 saturated carbocycles. The van der Waals surface area contributed by atoms with E-state index in [4.69, 9.17) is 4.42 Å². The Morgan fingerprint density at radius 2 is 1.50 bits per heavy atom. The second-order valence-corrected chi connectivity index (χ2v) is 12.3. The fourth-order valence-corrected chi connectivity index (χ4v) is 10.8. The Kier molecular flexibility index (Phi) is 4.28. The Balaban J connectivity index is 2.65. The molecule has 2 aromatic rings. The van der Waals surface area contributed by atoms with Crippen LogP contribution in [0.5, 0.6) is 0 Å². The zero-order chi connectivity index (χ0) is 14.9. The molecule has 0 aliphatic rings. The molecular formula is C17H27NOSi. The molecule has 3 heteroatoms. The van der Waals surface area contributed by atoms with Crippen molar-refractivity contribution in [1.82, 2.24) is 4.23 Å². The van der Waals surface area contributed by atoms with E-state index in [1.165, 1.54) is 5.69 Å². The molecular weight excluding hydrogens is 262 g/mol. The molecule has 20 heavy (non-hydrogen) atoms. The highest BCUT2D eigenvalue weighted by Crippen LogP contribution is 2.44. The number of rotatable bonds is 5. The van der Waals surface area contributed by atoms with Crippen LogP contribution in [0.25, 0.3) is 11.5 Å². The molecule has 0 radical (unpaired) electrons. The van der Waals surface area contributed by atoms with Gasteiger partial charge in [-0.15, -0.1) is 0 Å². The van der Waals surface area contributed by atoms with Crippen molar-refractivity contribution in [3.8, 4) is 11.5 Å². The molecule has 0 atom stereocenters. The van der Waals surface area contributed by atoms with Gasteiger partial charge in [-0.05, 0) is 47.1 Å². The SMILES string of the molecule is CC(C)[Si](C(C)C)(C(C)C)n1cccc1-c1ccco1. The number of furan rings is 1. The lowest BCUT2D eigenvalue weighted by atomic mass is 10.3. The summed E-state index contributed by atoms with van der Waals surface area (Å²) in [7, 11) is -1.70. The largest absolute Gasteiger partial charge is 0.463 e. The van der Waals surface area contributed by atoms with Gasteiger partial charge in [0.15, 0.2) is 8.24 Å². The number of aromatic nitrogens is 1. The molecule has 2 nitrogen and oxygen atoms in total. The van der Waals surface area contributed by atoms with E-state index in [0.29, 0.717) is 16.6 Å². The zero-order valence-electron chi connectivity index (χ0n) is 13.6. The van der Waals surface area contributed by atoms with Crippen LogP contribution in [0.15, 0.2) is 41.1 Å². The fourth-order valence-electron chi connectivity index (χ4n) is 4.18. The molecule has 2 aromatic heterocycles. The van der Waals surface area contributed by atoms with E-state index in [-0.39, 0.29) is 0 Å². The van der Waals surface area contributed by atoms with E-state index >= 15 is 0 Å². The van der Waals surface area contributed by atoms with Crippen molar-refractivity contribution in [3.63, 3.8) is 0 Å². The van der Waals surface area contributed by atoms with E-state index in [1.807, 2.05) is 6.07 Å². The van der Waals surface area contributed by atoms with E-state index < -0.39 is 8.24 Å². The smallest absolute Gasteiger partial charge is 0.169 e. The average molecular weight is 289 g/mol. The third-order valence-electron chi connectivity index (χ3n) is 4.71. The lowest BCUT2D eigenvalue weighted by Gasteiger charge is -2.45. The molecule has 0 aliphatic heterocycles. The maximum Gasteiger partial charge on any atom is 0.169 e. The third-order valence-corrected chi connectivity index (χ3v) is 11.5. The van der Waals surface area contributed by atoms with Gasteiger partial charge in [0.2, 0.25) is 0 Å². The molecule has 0 amide bonds. The quantitative estimate of drug-likeness (QED) is 0.639. The van der Waals surface area contributed by atoms with Crippen LogP contribution in [0, 0.1) is 0 Å². The summed E-state index contributed by atoms with van der Waals surface area (Å²) in [5.74, 6) is 0.980. The number of hydrogen-bond donors (Lipinski definition) is 0. The van der Waals surface area contributed by atoms with Gasteiger partial charge >= 0.3 is 0 Å². The molecule has 0 spiro atoms. The van der Waals surface area contributed by atoms with Gasteiger partial charge in [0, 0.05) is 0 Å². The van der Waals surface area contributed by atoms with Crippen molar-refractivity contribution < 1.29 is 4.42 Å². The fraction of sp³-hybridized carbons (Fsp3) is 0.529. The molecule has 0 N–H and O–H groups in total. The zero-order valence-corrected chi connectivity index (χ0v) is 14.6. The van der Waals surface area contributed by atoms with Gasteiger partial charge in [0.05, 0.1) is 12.0 Å². The molecule has 0 unspecified atom stereocenters. The second kappa shape index (κ2) is 5.64. The number of nitrogens with zero attached hydrogens (tertiary/aromatic N) is 1. The van der Waals surface area contributed by atoms with E-state index in [2.05, 4.69) is 70.2 Å². The summed E-state index contributed by atoms with van der Waals surface area (Å²) in [5.41, 5.74) is 3.29. The number of hydrogen-bond acceptors (Lipinski definition) is 1. The first-order valence-corrected chi connectivity index (χ1v) is 9.82. The predicted molar refractivity (Wildman–Crippen MR) is 88.6 cm³/mol. The van der Waals surface area contributed by atoms with Crippen LogP contribution in [0.3, 0.4) is 0 Å². The first-order chi connectivity index (χ1) is 9.42. The van der Waals surface area contributed by atoms with Crippen LogP contribution in [0.4, 0.5) is 0 Å². The van der Waals surface area contributed by atoms with Crippen LogP contribution in [0.2, 0.25) is 16.6 Å². The van der Waals surface area contributed by atoms with Crippen LogP contribution >= 0.6 is 0 Å². The van der Waals surface area contributed by atoms with Gasteiger partial charge in [0.1, 0.15) is 5.76 Å². The minimum Gasteiger partial charge on any atom is -0.463 e. The highest BCUT2D eigenvalue weighted by molar-refractivity contribution is 6.82. The molecule has 0 fully saturated rings. The highest BCUT2D eigenvalue weighted by atomic mass is 28.3. The predicted octanol–water partition coefficient (Wildman–Crippen LogP) is 5.77. The molecule has 2 heterocycles. The summed E-state index contributed by atoms with van der Waals surface area (Å²) in [6.45, 7) is 14.3. The van der Waals surface area contributed by atoms with Gasteiger partial charge in [0.25, 0.3) is 0 Å². The standard InChI is InChI=1S/C17H27NOSi/c1-13(2)20(14(3)4,15(5)6)18-11-7-9-16(18)17-10-8-12-19-17/h7-15H,1-6H3. The summed E-state index contributed by atoms with van der Waals surface area (Å²) < 4.78 is 8.23. The van der Waals surface area contributed by atoms with Crippen molar-refractivity contribution in [3.05, 3.63) is 36.7 Å². The molecule has 0 bridgehead atoms.